The molecule has 0 unspecified atom stereocenters. The maximum Gasteiger partial charge on any atom is 0.225 e. The number of hydrogen-bond acceptors (Lipinski definition) is 5. The van der Waals surface area contributed by atoms with E-state index in [1.165, 1.54) is 16.7 Å². The van der Waals surface area contributed by atoms with E-state index in [2.05, 4.69) is 56.6 Å². The second-order valence-electron chi connectivity index (χ2n) is 9.48. The van der Waals surface area contributed by atoms with Crippen LogP contribution in [0.4, 0.5) is 5.95 Å². The summed E-state index contributed by atoms with van der Waals surface area (Å²) in [5, 5.41) is 3.21. The normalized spacial score (nSPS) is 20.1. The molecule has 2 fully saturated rings. The van der Waals surface area contributed by atoms with Gasteiger partial charge in [0.05, 0.1) is 0 Å². The third-order valence-corrected chi connectivity index (χ3v) is 7.12. The summed E-state index contributed by atoms with van der Waals surface area (Å²) < 4.78 is 0. The van der Waals surface area contributed by atoms with Crippen molar-refractivity contribution in [2.45, 2.75) is 37.6 Å². The van der Waals surface area contributed by atoms with Crippen molar-refractivity contribution in [1.29, 1.82) is 0 Å². The van der Waals surface area contributed by atoms with Crippen LogP contribution in [0.2, 0.25) is 0 Å². The van der Waals surface area contributed by atoms with Gasteiger partial charge in [-0.15, -0.1) is 0 Å². The van der Waals surface area contributed by atoms with Gasteiger partial charge in [-0.1, -0.05) is 54.6 Å². The molecule has 5 rings (SSSR count). The molecule has 0 spiro atoms. The van der Waals surface area contributed by atoms with Crippen molar-refractivity contribution in [3.63, 3.8) is 0 Å². The van der Waals surface area contributed by atoms with E-state index in [9.17, 15) is 9.59 Å². The number of amides is 2. The minimum atomic E-state index is -0.360. The Labute approximate surface area is 206 Å². The van der Waals surface area contributed by atoms with Gasteiger partial charge in [-0.25, -0.2) is 9.97 Å². The molecule has 1 atom stereocenters. The van der Waals surface area contributed by atoms with Crippen molar-refractivity contribution in [1.82, 2.24) is 20.2 Å². The molecule has 0 saturated carbocycles. The van der Waals surface area contributed by atoms with E-state index >= 15 is 0 Å². The second-order valence-corrected chi connectivity index (χ2v) is 9.48. The van der Waals surface area contributed by atoms with Crippen LogP contribution >= 0.6 is 0 Å². The zero-order chi connectivity index (χ0) is 24.1. The fourth-order valence-electron chi connectivity index (χ4n) is 5.13. The minimum absolute atomic E-state index is 0.0785. The molecule has 3 aromatic rings. The van der Waals surface area contributed by atoms with Crippen molar-refractivity contribution >= 4 is 17.8 Å². The van der Waals surface area contributed by atoms with Crippen molar-refractivity contribution < 1.29 is 9.59 Å². The number of carbonyl (C=O) groups is 2. The van der Waals surface area contributed by atoms with E-state index < -0.39 is 0 Å². The summed E-state index contributed by atoms with van der Waals surface area (Å²) in [6.45, 7) is 2.78. The molecule has 1 N–H and O–H groups in total. The summed E-state index contributed by atoms with van der Waals surface area (Å²) in [4.78, 5) is 37.9. The van der Waals surface area contributed by atoms with Crippen LogP contribution in [-0.2, 0) is 16.0 Å². The molecule has 0 aliphatic carbocycles. The first-order chi connectivity index (χ1) is 17.1. The lowest BCUT2D eigenvalue weighted by molar-refractivity contribution is -0.132. The third kappa shape index (κ3) is 5.50. The molecule has 2 aliphatic rings. The van der Waals surface area contributed by atoms with Gasteiger partial charge < -0.3 is 15.1 Å². The van der Waals surface area contributed by atoms with Crippen LogP contribution in [-0.4, -0.2) is 58.4 Å². The van der Waals surface area contributed by atoms with Crippen LogP contribution in [0.1, 0.15) is 31.2 Å². The molecule has 7 heteroatoms. The van der Waals surface area contributed by atoms with E-state index in [4.69, 9.17) is 0 Å². The number of piperazine rings is 1. The number of hydrogen-bond donors (Lipinski definition) is 1. The maximum absolute atomic E-state index is 13.0. The molecule has 3 heterocycles. The van der Waals surface area contributed by atoms with Crippen molar-refractivity contribution in [2.75, 3.05) is 31.1 Å². The number of nitrogens with one attached hydrogen (secondary N) is 1. The van der Waals surface area contributed by atoms with Crippen LogP contribution in [0.25, 0.3) is 11.1 Å². The molecule has 0 bridgehead atoms. The molecule has 35 heavy (non-hydrogen) atoms. The topological polar surface area (TPSA) is 78.4 Å². The fraction of sp³-hybridized carbons (Fsp3) is 0.357. The highest BCUT2D eigenvalue weighted by molar-refractivity contribution is 5.80. The average molecular weight is 470 g/mol. The van der Waals surface area contributed by atoms with E-state index in [0.29, 0.717) is 38.3 Å². The van der Waals surface area contributed by atoms with Gasteiger partial charge in [0.15, 0.2) is 0 Å². The Bertz CT molecular complexity index is 1140. The lowest BCUT2D eigenvalue weighted by Gasteiger charge is -2.36. The molecule has 0 radical (unpaired) electrons. The zero-order valence-electron chi connectivity index (χ0n) is 19.9. The average Bonchev–Trinajstić information content (AvgIpc) is 3.29. The molecule has 180 valence electrons. The molecular formula is C28H31N5O2. The van der Waals surface area contributed by atoms with E-state index in [1.807, 2.05) is 23.1 Å². The number of aromatic nitrogens is 2. The predicted octanol–water partition coefficient (Wildman–Crippen LogP) is 3.46. The van der Waals surface area contributed by atoms with Gasteiger partial charge in [0.25, 0.3) is 0 Å². The smallest absolute Gasteiger partial charge is 0.225 e. The number of carbonyl (C=O) groups excluding carboxylic acids is 2. The summed E-state index contributed by atoms with van der Waals surface area (Å²) in [7, 11) is 0. The van der Waals surface area contributed by atoms with E-state index in [-0.39, 0.29) is 17.4 Å². The number of benzene rings is 2. The third-order valence-electron chi connectivity index (χ3n) is 7.12. The molecule has 1 aromatic heterocycles. The first-order valence-electron chi connectivity index (χ1n) is 12.4. The highest BCUT2D eigenvalue weighted by Gasteiger charge is 2.38. The van der Waals surface area contributed by atoms with Gasteiger partial charge >= 0.3 is 0 Å². The van der Waals surface area contributed by atoms with Gasteiger partial charge in [0, 0.05) is 57.0 Å². The molecular weight excluding hydrogens is 438 g/mol. The molecule has 2 amide bonds. The minimum Gasteiger partial charge on any atom is -0.350 e. The Balaban J connectivity index is 1.19. The largest absolute Gasteiger partial charge is 0.350 e. The molecule has 2 aliphatic heterocycles. The summed E-state index contributed by atoms with van der Waals surface area (Å²) in [6, 6.07) is 20.7. The van der Waals surface area contributed by atoms with Crippen molar-refractivity contribution in [3.05, 3.63) is 78.6 Å². The highest BCUT2D eigenvalue weighted by atomic mass is 16.2. The summed E-state index contributed by atoms with van der Waals surface area (Å²) in [5.41, 5.74) is 3.18. The summed E-state index contributed by atoms with van der Waals surface area (Å²) in [6.07, 6.45) is 6.59. The second kappa shape index (κ2) is 10.3. The predicted molar refractivity (Wildman–Crippen MR) is 136 cm³/mol. The van der Waals surface area contributed by atoms with E-state index in [1.54, 1.807) is 18.5 Å². The standard InChI is InChI=1S/C28H31N5O2/c34-25-11-13-28(31-25,21-22-7-9-24(10-8-22)23-5-2-1-3-6-23)14-12-26(35)32-17-19-33(20-18-32)27-29-15-4-16-30-27/h1-10,15-16H,11-14,17-21H2,(H,31,34)/t28-/m0/s1. The van der Waals surface area contributed by atoms with Crippen LogP contribution in [0.15, 0.2) is 73.1 Å². The monoisotopic (exact) mass is 469 g/mol. The molecule has 7 nitrogen and oxygen atoms in total. The Morgan fingerprint density at radius 2 is 1.57 bits per heavy atom. The number of nitrogens with zero attached hydrogens (tertiary/aromatic N) is 4. The van der Waals surface area contributed by atoms with Gasteiger partial charge in [0.1, 0.15) is 0 Å². The van der Waals surface area contributed by atoms with Crippen molar-refractivity contribution in [3.8, 4) is 11.1 Å². The van der Waals surface area contributed by atoms with Gasteiger partial charge in [0.2, 0.25) is 17.8 Å². The van der Waals surface area contributed by atoms with Crippen LogP contribution < -0.4 is 10.2 Å². The number of anilines is 1. The van der Waals surface area contributed by atoms with E-state index in [0.717, 1.165) is 25.9 Å². The van der Waals surface area contributed by atoms with Crippen LogP contribution in [0.3, 0.4) is 0 Å². The van der Waals surface area contributed by atoms with Crippen LogP contribution in [0, 0.1) is 0 Å². The first kappa shape index (κ1) is 23.0. The summed E-state index contributed by atoms with van der Waals surface area (Å²) in [5.74, 6) is 0.943. The quantitative estimate of drug-likeness (QED) is 0.573. The van der Waals surface area contributed by atoms with Crippen molar-refractivity contribution in [2.24, 2.45) is 0 Å². The summed E-state index contributed by atoms with van der Waals surface area (Å²) >= 11 is 0. The van der Waals surface area contributed by atoms with Gasteiger partial charge in [-0.05, 0) is 42.0 Å². The zero-order valence-corrected chi connectivity index (χ0v) is 19.9. The molecule has 2 saturated heterocycles. The van der Waals surface area contributed by atoms with Gasteiger partial charge in [-0.3, -0.25) is 9.59 Å². The fourth-order valence-corrected chi connectivity index (χ4v) is 5.13. The maximum atomic E-state index is 13.0. The van der Waals surface area contributed by atoms with Gasteiger partial charge in [-0.2, -0.15) is 0 Å². The SMILES string of the molecule is O=C1CC[C@](CCC(=O)N2CCN(c3ncccn3)CC2)(Cc2ccc(-c3ccccc3)cc2)N1. The lowest BCUT2D eigenvalue weighted by Crippen LogP contribution is -2.50. The Hall–Kier alpha value is -3.74. The Morgan fingerprint density at radius 3 is 2.23 bits per heavy atom. The number of rotatable bonds is 7. The Kier molecular flexibility index (Phi) is 6.75. The van der Waals surface area contributed by atoms with Crippen LogP contribution in [0.5, 0.6) is 0 Å². The molecule has 2 aromatic carbocycles. The Morgan fingerprint density at radius 1 is 0.886 bits per heavy atom. The highest BCUT2D eigenvalue weighted by Crippen LogP contribution is 2.31. The first-order valence-corrected chi connectivity index (χ1v) is 12.4. The lowest BCUT2D eigenvalue weighted by atomic mass is 9.84.